The number of nitrogens with one attached hydrogen (secondary N) is 2. The Morgan fingerprint density at radius 1 is 1.02 bits per heavy atom. The molecule has 0 radical (unpaired) electrons. The third-order valence-corrected chi connectivity index (χ3v) is 7.88. The van der Waals surface area contributed by atoms with E-state index >= 15 is 0 Å². The standard InChI is InChI=1S/C34H43F2N3O3.2ClH/c1-4-24-7-5-8-25(13-24)19-37-20-33(40)32(17-26-15-29(35)18-30(36)16-26)38-34(41)28-12-23(2)11-27(14-28)21-39-10-6-9-31(39)22-42-3;;/h5,7-8,11-16,18,31-33,37,40H,4,6,9-10,17,19-22H2,1-3H3,(H,38,41);2*1H/t31-,32-,33+;;/m0../s1. The largest absolute Gasteiger partial charge is 0.390 e. The topological polar surface area (TPSA) is 73.8 Å². The first-order valence-corrected chi connectivity index (χ1v) is 14.8. The molecule has 0 unspecified atom stereocenters. The number of aryl methyl sites for hydroxylation is 2. The van der Waals surface area contributed by atoms with Gasteiger partial charge in [0.1, 0.15) is 11.6 Å². The van der Waals surface area contributed by atoms with E-state index in [1.807, 2.05) is 31.2 Å². The molecule has 1 amide bonds. The summed E-state index contributed by atoms with van der Waals surface area (Å²) in [5, 5.41) is 17.4. The minimum Gasteiger partial charge on any atom is -0.390 e. The monoisotopic (exact) mass is 651 g/mol. The number of carbonyl (C=O) groups is 1. The van der Waals surface area contributed by atoms with Gasteiger partial charge in [-0.1, -0.05) is 42.8 Å². The molecule has 0 spiro atoms. The molecule has 1 saturated heterocycles. The number of aliphatic hydroxyl groups is 1. The Bertz CT molecular complexity index is 1330. The van der Waals surface area contributed by atoms with Crippen LogP contribution in [0.3, 0.4) is 0 Å². The van der Waals surface area contributed by atoms with Crippen molar-refractivity contribution in [2.45, 2.75) is 70.8 Å². The fourth-order valence-corrected chi connectivity index (χ4v) is 5.79. The van der Waals surface area contributed by atoms with Crippen molar-refractivity contribution in [2.24, 2.45) is 0 Å². The lowest BCUT2D eigenvalue weighted by Crippen LogP contribution is -2.48. The van der Waals surface area contributed by atoms with Crippen LogP contribution in [0, 0.1) is 18.6 Å². The average Bonchev–Trinajstić information content (AvgIpc) is 3.38. The fraction of sp³-hybridized carbons (Fsp3) is 0.441. The van der Waals surface area contributed by atoms with Crippen molar-refractivity contribution < 1.29 is 23.4 Å². The van der Waals surface area contributed by atoms with Crippen LogP contribution in [0.15, 0.2) is 60.7 Å². The Hall–Kier alpha value is -2.59. The van der Waals surface area contributed by atoms with E-state index in [9.17, 15) is 18.7 Å². The molecule has 10 heteroatoms. The molecule has 1 fully saturated rings. The third kappa shape index (κ3) is 11.1. The number of ether oxygens (including phenoxy) is 1. The van der Waals surface area contributed by atoms with Crippen LogP contribution >= 0.6 is 24.8 Å². The van der Waals surface area contributed by atoms with Crippen molar-refractivity contribution in [3.8, 4) is 0 Å². The zero-order valence-electron chi connectivity index (χ0n) is 25.7. The number of hydrogen-bond acceptors (Lipinski definition) is 5. The van der Waals surface area contributed by atoms with E-state index in [0.717, 1.165) is 48.6 Å². The summed E-state index contributed by atoms with van der Waals surface area (Å²) in [6.07, 6.45) is 2.20. The van der Waals surface area contributed by atoms with Gasteiger partial charge in [-0.3, -0.25) is 9.69 Å². The number of aliphatic hydroxyl groups excluding tert-OH is 1. The van der Waals surface area contributed by atoms with Gasteiger partial charge < -0.3 is 20.5 Å². The highest BCUT2D eigenvalue weighted by Gasteiger charge is 2.26. The number of rotatable bonds is 14. The second-order valence-electron chi connectivity index (χ2n) is 11.4. The van der Waals surface area contributed by atoms with E-state index < -0.39 is 23.8 Å². The summed E-state index contributed by atoms with van der Waals surface area (Å²) in [6, 6.07) is 16.8. The summed E-state index contributed by atoms with van der Waals surface area (Å²) in [7, 11) is 1.72. The minimum atomic E-state index is -1.00. The van der Waals surface area contributed by atoms with Crippen LogP contribution in [0.1, 0.15) is 57.9 Å². The van der Waals surface area contributed by atoms with Crippen LogP contribution in [-0.2, 0) is 30.7 Å². The highest BCUT2D eigenvalue weighted by molar-refractivity contribution is 5.94. The molecule has 1 aliphatic rings. The van der Waals surface area contributed by atoms with Gasteiger partial charge in [0.15, 0.2) is 0 Å². The van der Waals surface area contributed by atoms with Crippen LogP contribution < -0.4 is 10.6 Å². The number of hydrogen-bond donors (Lipinski definition) is 3. The van der Waals surface area contributed by atoms with E-state index in [1.165, 1.54) is 17.7 Å². The van der Waals surface area contributed by atoms with E-state index in [1.54, 1.807) is 7.11 Å². The number of methoxy groups -OCH3 is 1. The van der Waals surface area contributed by atoms with Gasteiger partial charge in [-0.15, -0.1) is 24.8 Å². The lowest BCUT2D eigenvalue weighted by atomic mass is 9.99. The molecule has 0 aliphatic carbocycles. The average molecular weight is 653 g/mol. The number of benzene rings is 3. The Balaban J connectivity index is 0.00000337. The Labute approximate surface area is 272 Å². The molecule has 0 aromatic heterocycles. The van der Waals surface area contributed by atoms with E-state index in [2.05, 4.69) is 40.7 Å². The molecule has 0 saturated carbocycles. The highest BCUT2D eigenvalue weighted by Crippen LogP contribution is 2.22. The highest BCUT2D eigenvalue weighted by atomic mass is 35.5. The second-order valence-corrected chi connectivity index (χ2v) is 11.4. The molecule has 0 bridgehead atoms. The number of carbonyl (C=O) groups excluding carboxylic acids is 1. The summed E-state index contributed by atoms with van der Waals surface area (Å²) < 4.78 is 33.3. The van der Waals surface area contributed by atoms with Crippen molar-refractivity contribution in [3.63, 3.8) is 0 Å². The Morgan fingerprint density at radius 3 is 2.45 bits per heavy atom. The molecule has 4 rings (SSSR count). The summed E-state index contributed by atoms with van der Waals surface area (Å²) in [5.41, 5.74) is 5.15. The van der Waals surface area contributed by atoms with Crippen LogP contribution in [0.25, 0.3) is 0 Å². The van der Waals surface area contributed by atoms with E-state index in [4.69, 9.17) is 4.74 Å². The summed E-state index contributed by atoms with van der Waals surface area (Å²) in [6.45, 7) is 7.16. The van der Waals surface area contributed by atoms with Gasteiger partial charge >= 0.3 is 0 Å². The van der Waals surface area contributed by atoms with Gasteiger partial charge in [0.2, 0.25) is 0 Å². The molecule has 3 atom stereocenters. The number of halogens is 4. The van der Waals surface area contributed by atoms with Crippen molar-refractivity contribution in [3.05, 3.63) is 106 Å². The van der Waals surface area contributed by atoms with E-state index in [0.29, 0.717) is 36.9 Å². The second kappa shape index (κ2) is 18.4. The quantitative estimate of drug-likeness (QED) is 0.206. The molecule has 3 N–H and O–H groups in total. The van der Waals surface area contributed by atoms with Crippen molar-refractivity contribution in [2.75, 3.05) is 26.8 Å². The van der Waals surface area contributed by atoms with Gasteiger partial charge in [-0.05, 0) is 85.7 Å². The molecular weight excluding hydrogens is 607 g/mol. The maximum atomic E-state index is 14.0. The summed E-state index contributed by atoms with van der Waals surface area (Å²) >= 11 is 0. The van der Waals surface area contributed by atoms with Crippen LogP contribution in [0.2, 0.25) is 0 Å². The minimum absolute atomic E-state index is 0. The van der Waals surface area contributed by atoms with Gasteiger partial charge in [0.05, 0.1) is 18.8 Å². The number of amides is 1. The van der Waals surface area contributed by atoms with Gasteiger partial charge in [-0.2, -0.15) is 0 Å². The number of likely N-dealkylation sites (tertiary alicyclic amines) is 1. The van der Waals surface area contributed by atoms with E-state index in [-0.39, 0.29) is 43.7 Å². The van der Waals surface area contributed by atoms with Crippen molar-refractivity contribution >= 4 is 30.7 Å². The predicted molar refractivity (Wildman–Crippen MR) is 176 cm³/mol. The molecule has 242 valence electrons. The third-order valence-electron chi connectivity index (χ3n) is 7.88. The van der Waals surface area contributed by atoms with Gasteiger partial charge in [0, 0.05) is 44.4 Å². The van der Waals surface area contributed by atoms with Crippen LogP contribution in [0.5, 0.6) is 0 Å². The maximum Gasteiger partial charge on any atom is 0.251 e. The summed E-state index contributed by atoms with van der Waals surface area (Å²) in [4.78, 5) is 15.9. The van der Waals surface area contributed by atoms with Gasteiger partial charge in [-0.25, -0.2) is 8.78 Å². The predicted octanol–water partition coefficient (Wildman–Crippen LogP) is 5.78. The normalized spacial score (nSPS) is 16.1. The molecule has 3 aromatic rings. The first-order chi connectivity index (χ1) is 20.2. The maximum absolute atomic E-state index is 14.0. The van der Waals surface area contributed by atoms with Crippen LogP contribution in [-0.4, -0.2) is 60.9 Å². The molecule has 3 aromatic carbocycles. The lowest BCUT2D eigenvalue weighted by Gasteiger charge is -2.26. The zero-order chi connectivity index (χ0) is 30.1. The van der Waals surface area contributed by atoms with Crippen LogP contribution in [0.4, 0.5) is 8.78 Å². The molecule has 44 heavy (non-hydrogen) atoms. The van der Waals surface area contributed by atoms with Crippen molar-refractivity contribution in [1.82, 2.24) is 15.5 Å². The zero-order valence-corrected chi connectivity index (χ0v) is 27.3. The molecular formula is C34H45Cl2F2N3O3. The Morgan fingerprint density at radius 2 is 1.75 bits per heavy atom. The number of nitrogens with zero attached hydrogens (tertiary/aromatic N) is 1. The molecule has 1 heterocycles. The lowest BCUT2D eigenvalue weighted by molar-refractivity contribution is 0.0829. The summed E-state index contributed by atoms with van der Waals surface area (Å²) in [5.74, 6) is -1.74. The fourth-order valence-electron chi connectivity index (χ4n) is 5.79. The van der Waals surface area contributed by atoms with Gasteiger partial charge in [0.25, 0.3) is 5.91 Å². The van der Waals surface area contributed by atoms with Crippen molar-refractivity contribution in [1.29, 1.82) is 0 Å². The molecule has 6 nitrogen and oxygen atoms in total. The molecule has 1 aliphatic heterocycles. The smallest absolute Gasteiger partial charge is 0.251 e. The SMILES string of the molecule is CCc1cccc(CNC[C@@H](O)[C@H](Cc2cc(F)cc(F)c2)NC(=O)c2cc(C)cc(CN3CCC[C@H]3COC)c2)c1.Cl.Cl. The first-order valence-electron chi connectivity index (χ1n) is 14.8. The first kappa shape index (κ1) is 37.6. The Kier molecular flexibility index (Phi) is 15.7.